The lowest BCUT2D eigenvalue weighted by atomic mass is 10.4. The normalized spacial score (nSPS) is 11.6. The van der Waals surface area contributed by atoms with E-state index in [2.05, 4.69) is 25.6 Å². The summed E-state index contributed by atoms with van der Waals surface area (Å²) in [5, 5.41) is 10.9. The van der Waals surface area contributed by atoms with Gasteiger partial charge >= 0.3 is 17.9 Å². The minimum absolute atomic E-state index is 0.0348. The third kappa shape index (κ3) is 4.53. The van der Waals surface area contributed by atoms with Gasteiger partial charge in [-0.3, -0.25) is 10.1 Å². The van der Waals surface area contributed by atoms with Crippen LogP contribution in [0.15, 0.2) is 9.64 Å². The summed E-state index contributed by atoms with van der Waals surface area (Å²) >= 11 is 0.920. The van der Waals surface area contributed by atoms with E-state index in [0.29, 0.717) is 0 Å². The third-order valence-corrected chi connectivity index (χ3v) is 2.90. The Labute approximate surface area is 118 Å². The van der Waals surface area contributed by atoms with Gasteiger partial charge in [-0.2, -0.15) is 0 Å². The van der Waals surface area contributed by atoms with Crippen LogP contribution in [0.4, 0.5) is 4.79 Å². The summed E-state index contributed by atoms with van der Waals surface area (Å²) in [6, 6.07) is -0.611. The quantitative estimate of drug-likeness (QED) is 0.583. The summed E-state index contributed by atoms with van der Waals surface area (Å²) < 4.78 is 9.72. The number of hydrogen-bond donors (Lipinski definition) is 2. The van der Waals surface area contributed by atoms with Gasteiger partial charge < -0.3 is 14.5 Å². The molecule has 0 saturated heterocycles. The minimum Gasteiger partial charge on any atom is -0.459 e. The summed E-state index contributed by atoms with van der Waals surface area (Å²) in [6.07, 6.45) is 0. The number of carbonyl (C=O) groups excluding carboxylic acids is 3. The predicted octanol–water partition coefficient (Wildman–Crippen LogP) is 0.182. The molecular weight excluding hydrogens is 288 g/mol. The summed E-state index contributed by atoms with van der Waals surface area (Å²) in [4.78, 5) is 33.9. The maximum atomic E-state index is 11.6. The van der Waals surface area contributed by atoms with Gasteiger partial charge in [0.15, 0.2) is 0 Å². The number of aromatic nitrogens is 2. The van der Waals surface area contributed by atoms with E-state index >= 15 is 0 Å². The fourth-order valence-electron chi connectivity index (χ4n) is 1.01. The highest BCUT2D eigenvalue weighted by atomic mass is 32.2. The van der Waals surface area contributed by atoms with Gasteiger partial charge in [-0.05, 0) is 13.8 Å². The molecule has 9 nitrogen and oxygen atoms in total. The molecule has 0 bridgehead atoms. The van der Waals surface area contributed by atoms with Crippen molar-refractivity contribution in [3.63, 3.8) is 0 Å². The fourth-order valence-corrected chi connectivity index (χ4v) is 1.70. The molecule has 10 heteroatoms. The molecule has 0 fully saturated rings. The summed E-state index contributed by atoms with van der Waals surface area (Å²) in [7, 11) is 1.39. The van der Waals surface area contributed by atoms with Gasteiger partial charge in [0.1, 0.15) is 0 Å². The highest BCUT2D eigenvalue weighted by molar-refractivity contribution is 8.00. The van der Waals surface area contributed by atoms with Gasteiger partial charge in [-0.1, -0.05) is 16.9 Å². The van der Waals surface area contributed by atoms with Crippen molar-refractivity contribution in [3.8, 4) is 0 Å². The van der Waals surface area contributed by atoms with Gasteiger partial charge in [0.25, 0.3) is 5.22 Å². The lowest BCUT2D eigenvalue weighted by molar-refractivity contribution is -0.119. The molecule has 1 rings (SSSR count). The fraction of sp³-hybridized carbons (Fsp3) is 0.500. The van der Waals surface area contributed by atoms with Crippen LogP contribution in [0.5, 0.6) is 0 Å². The molecule has 0 spiro atoms. The number of urea groups is 1. The number of esters is 1. The Balaban J connectivity index is 2.58. The number of hydrogen-bond acceptors (Lipinski definition) is 8. The molecule has 0 aromatic carbocycles. The Morgan fingerprint density at radius 2 is 2.10 bits per heavy atom. The molecule has 0 aliphatic heterocycles. The summed E-state index contributed by atoms with van der Waals surface area (Å²) in [5.74, 6) is -1.53. The van der Waals surface area contributed by atoms with Crippen molar-refractivity contribution in [2.24, 2.45) is 0 Å². The number of imide groups is 1. The maximum Gasteiger partial charge on any atom is 0.396 e. The van der Waals surface area contributed by atoms with E-state index in [-0.39, 0.29) is 17.7 Å². The number of rotatable bonds is 5. The number of nitrogens with one attached hydrogen (secondary N) is 2. The topological polar surface area (TPSA) is 123 Å². The Morgan fingerprint density at radius 3 is 2.70 bits per heavy atom. The second-order valence-corrected chi connectivity index (χ2v) is 4.71. The zero-order valence-corrected chi connectivity index (χ0v) is 11.9. The predicted molar refractivity (Wildman–Crippen MR) is 68.2 cm³/mol. The van der Waals surface area contributed by atoms with Crippen LogP contribution in [0.2, 0.25) is 0 Å². The van der Waals surface area contributed by atoms with E-state index in [1.165, 1.54) is 7.05 Å². The first-order chi connectivity index (χ1) is 9.47. The highest BCUT2D eigenvalue weighted by Gasteiger charge is 2.22. The first kappa shape index (κ1) is 16.0. The monoisotopic (exact) mass is 302 g/mol. The van der Waals surface area contributed by atoms with Crippen LogP contribution >= 0.6 is 11.8 Å². The van der Waals surface area contributed by atoms with E-state index in [1.54, 1.807) is 13.8 Å². The average Bonchev–Trinajstić information content (AvgIpc) is 2.87. The maximum absolute atomic E-state index is 11.6. The van der Waals surface area contributed by atoms with Gasteiger partial charge in [-0.25, -0.2) is 9.59 Å². The number of thioether (sulfide) groups is 1. The molecule has 1 aromatic rings. The smallest absolute Gasteiger partial charge is 0.396 e. The van der Waals surface area contributed by atoms with Crippen LogP contribution < -0.4 is 10.6 Å². The van der Waals surface area contributed by atoms with Crippen LogP contribution in [0.3, 0.4) is 0 Å². The van der Waals surface area contributed by atoms with Crippen LogP contribution in [0, 0.1) is 0 Å². The van der Waals surface area contributed by atoms with Crippen molar-refractivity contribution in [1.82, 2.24) is 20.8 Å². The van der Waals surface area contributed by atoms with E-state index in [1.807, 2.05) is 0 Å². The first-order valence-corrected chi connectivity index (χ1v) is 6.55. The van der Waals surface area contributed by atoms with Crippen LogP contribution in [0.1, 0.15) is 24.5 Å². The molecule has 3 amide bonds. The molecule has 20 heavy (non-hydrogen) atoms. The molecule has 1 unspecified atom stereocenters. The van der Waals surface area contributed by atoms with Crippen molar-refractivity contribution in [2.45, 2.75) is 24.3 Å². The van der Waals surface area contributed by atoms with Crippen molar-refractivity contribution >= 4 is 29.7 Å². The van der Waals surface area contributed by atoms with Crippen LogP contribution in [-0.2, 0) is 9.53 Å². The van der Waals surface area contributed by atoms with E-state index in [4.69, 9.17) is 4.42 Å². The van der Waals surface area contributed by atoms with Gasteiger partial charge in [0.05, 0.1) is 11.9 Å². The zero-order valence-electron chi connectivity index (χ0n) is 11.1. The van der Waals surface area contributed by atoms with Crippen molar-refractivity contribution in [1.29, 1.82) is 0 Å². The van der Waals surface area contributed by atoms with E-state index in [0.717, 1.165) is 11.8 Å². The zero-order chi connectivity index (χ0) is 15.1. The van der Waals surface area contributed by atoms with E-state index in [9.17, 15) is 14.4 Å². The Kier molecular flexibility index (Phi) is 5.97. The van der Waals surface area contributed by atoms with Crippen molar-refractivity contribution in [3.05, 3.63) is 5.89 Å². The Morgan fingerprint density at radius 1 is 1.40 bits per heavy atom. The SMILES string of the molecule is CCOC(=O)c1nnc(SC(C)C(=O)NC(=O)NC)o1. The van der Waals surface area contributed by atoms with Gasteiger partial charge in [0, 0.05) is 7.05 Å². The molecule has 1 atom stereocenters. The van der Waals surface area contributed by atoms with Gasteiger partial charge in [-0.15, -0.1) is 5.10 Å². The average molecular weight is 302 g/mol. The second-order valence-electron chi connectivity index (χ2n) is 3.42. The highest BCUT2D eigenvalue weighted by Crippen LogP contribution is 2.21. The lowest BCUT2D eigenvalue weighted by Crippen LogP contribution is -2.41. The number of nitrogens with zero attached hydrogens (tertiary/aromatic N) is 2. The minimum atomic E-state index is -0.727. The molecule has 0 saturated carbocycles. The third-order valence-electron chi connectivity index (χ3n) is 1.97. The van der Waals surface area contributed by atoms with Crippen molar-refractivity contribution < 1.29 is 23.5 Å². The molecule has 1 heterocycles. The van der Waals surface area contributed by atoms with Crippen LogP contribution in [0.25, 0.3) is 0 Å². The standard InChI is InChI=1S/C10H14N4O5S/c1-4-18-8(16)7-13-14-10(19-7)20-5(2)6(15)12-9(17)11-3/h5H,4H2,1-3H3,(H2,11,12,15,17). The number of ether oxygens (including phenoxy) is 1. The Bertz CT molecular complexity index is 504. The lowest BCUT2D eigenvalue weighted by Gasteiger charge is -2.07. The molecular formula is C10H14N4O5S. The number of carbonyl (C=O) groups is 3. The van der Waals surface area contributed by atoms with Gasteiger partial charge in [0.2, 0.25) is 5.91 Å². The molecule has 0 aliphatic carbocycles. The Hall–Kier alpha value is -2.10. The molecule has 0 aliphatic rings. The largest absolute Gasteiger partial charge is 0.459 e. The molecule has 1 aromatic heterocycles. The van der Waals surface area contributed by atoms with Crippen molar-refractivity contribution in [2.75, 3.05) is 13.7 Å². The first-order valence-electron chi connectivity index (χ1n) is 5.67. The summed E-state index contributed by atoms with van der Waals surface area (Å²) in [5.41, 5.74) is 0. The molecule has 0 radical (unpaired) electrons. The molecule has 110 valence electrons. The molecule has 2 N–H and O–H groups in total. The van der Waals surface area contributed by atoms with Crippen LogP contribution in [-0.4, -0.2) is 47.0 Å². The number of amides is 3. The second kappa shape index (κ2) is 7.48. The van der Waals surface area contributed by atoms with E-state index < -0.39 is 23.2 Å². The summed E-state index contributed by atoms with van der Waals surface area (Å²) in [6.45, 7) is 3.39.